The zero-order chi connectivity index (χ0) is 10.7. The summed E-state index contributed by atoms with van der Waals surface area (Å²) in [6.07, 6.45) is 5.06. The minimum atomic E-state index is -0.159. The van der Waals surface area contributed by atoms with Crippen LogP contribution in [0.1, 0.15) is 0 Å². The molecule has 76 valence electrons. The second-order valence-electron chi connectivity index (χ2n) is 2.85. The van der Waals surface area contributed by atoms with Gasteiger partial charge < -0.3 is 4.98 Å². The number of hydrogen-bond donors (Lipinski definition) is 1. The van der Waals surface area contributed by atoms with E-state index >= 15 is 0 Å². The highest BCUT2D eigenvalue weighted by Crippen LogP contribution is 2.11. The van der Waals surface area contributed by atoms with E-state index in [1.54, 1.807) is 24.5 Å². The molecule has 2 rings (SSSR count). The van der Waals surface area contributed by atoms with E-state index in [1.807, 2.05) is 12.3 Å². The van der Waals surface area contributed by atoms with Crippen LogP contribution in [-0.4, -0.2) is 21.2 Å². The minimum absolute atomic E-state index is 0.159. The Morgan fingerprint density at radius 2 is 2.20 bits per heavy atom. The van der Waals surface area contributed by atoms with Gasteiger partial charge in [0.2, 0.25) is 0 Å². The summed E-state index contributed by atoms with van der Waals surface area (Å²) in [5, 5.41) is 0.611. The van der Waals surface area contributed by atoms with Crippen molar-refractivity contribution >= 4 is 11.8 Å². The molecule has 0 aliphatic heterocycles. The second-order valence-corrected chi connectivity index (χ2v) is 3.65. The third kappa shape index (κ3) is 2.07. The first-order valence-corrected chi connectivity index (χ1v) is 5.58. The van der Waals surface area contributed by atoms with Gasteiger partial charge in [0, 0.05) is 12.4 Å². The molecule has 2 heterocycles. The maximum atomic E-state index is 11.7. The number of nitrogens with zero attached hydrogens (tertiary/aromatic N) is 2. The van der Waals surface area contributed by atoms with E-state index in [4.69, 9.17) is 0 Å². The van der Waals surface area contributed by atoms with Gasteiger partial charge in [-0.25, -0.2) is 4.98 Å². The van der Waals surface area contributed by atoms with Gasteiger partial charge in [0.25, 0.3) is 5.56 Å². The van der Waals surface area contributed by atoms with Gasteiger partial charge in [-0.2, -0.15) is 0 Å². The van der Waals surface area contributed by atoms with Gasteiger partial charge in [-0.1, -0.05) is 17.8 Å². The number of thioether (sulfide) groups is 1. The molecule has 0 bridgehead atoms. The van der Waals surface area contributed by atoms with Crippen LogP contribution in [0, 0.1) is 0 Å². The number of H-pyrrole nitrogens is 1. The van der Waals surface area contributed by atoms with Crippen LogP contribution in [0.4, 0.5) is 0 Å². The lowest BCUT2D eigenvalue weighted by Crippen LogP contribution is -2.11. The normalized spacial score (nSPS) is 10.2. The van der Waals surface area contributed by atoms with E-state index in [1.165, 1.54) is 11.8 Å². The fourth-order valence-electron chi connectivity index (χ4n) is 1.19. The second kappa shape index (κ2) is 4.27. The van der Waals surface area contributed by atoms with Crippen LogP contribution in [0.3, 0.4) is 0 Å². The zero-order valence-electron chi connectivity index (χ0n) is 8.10. The molecule has 0 radical (unpaired) electrons. The van der Waals surface area contributed by atoms with Gasteiger partial charge in [-0.05, 0) is 18.4 Å². The van der Waals surface area contributed by atoms with Gasteiger partial charge in [0.05, 0.1) is 11.3 Å². The van der Waals surface area contributed by atoms with Crippen molar-refractivity contribution in [2.75, 3.05) is 6.26 Å². The van der Waals surface area contributed by atoms with E-state index in [-0.39, 0.29) is 5.56 Å². The maximum Gasteiger partial charge on any atom is 0.260 e. The molecule has 0 aromatic carbocycles. The molecule has 0 amide bonds. The van der Waals surface area contributed by atoms with E-state index in [2.05, 4.69) is 15.0 Å². The van der Waals surface area contributed by atoms with Crippen molar-refractivity contribution in [3.05, 3.63) is 40.9 Å². The number of pyridine rings is 1. The summed E-state index contributed by atoms with van der Waals surface area (Å²) in [4.78, 5) is 22.5. The zero-order valence-corrected chi connectivity index (χ0v) is 8.91. The standard InChI is InChI=1S/C10H9N3OS/c1-15-10-12-6-7(9(14)13-10)8-4-2-3-5-11-8/h2-6H,1H3,(H,12,13,14). The molecule has 0 spiro atoms. The summed E-state index contributed by atoms with van der Waals surface area (Å²) < 4.78 is 0. The topological polar surface area (TPSA) is 58.6 Å². The summed E-state index contributed by atoms with van der Waals surface area (Å²) in [6.45, 7) is 0. The Balaban J connectivity index is 2.51. The highest BCUT2D eigenvalue weighted by atomic mass is 32.2. The van der Waals surface area contributed by atoms with Gasteiger partial charge in [0.1, 0.15) is 0 Å². The molecule has 1 N–H and O–H groups in total. The average molecular weight is 219 g/mol. The molecule has 0 saturated carbocycles. The lowest BCUT2D eigenvalue weighted by Gasteiger charge is -1.99. The van der Waals surface area contributed by atoms with Crippen molar-refractivity contribution in [1.82, 2.24) is 15.0 Å². The van der Waals surface area contributed by atoms with Crippen molar-refractivity contribution in [3.8, 4) is 11.3 Å². The van der Waals surface area contributed by atoms with E-state index in [9.17, 15) is 4.79 Å². The van der Waals surface area contributed by atoms with E-state index < -0.39 is 0 Å². The Morgan fingerprint density at radius 3 is 2.80 bits per heavy atom. The molecule has 5 heteroatoms. The van der Waals surface area contributed by atoms with E-state index in [0.717, 1.165) is 0 Å². The quantitative estimate of drug-likeness (QED) is 0.615. The highest BCUT2D eigenvalue weighted by Gasteiger charge is 2.04. The molecule has 4 nitrogen and oxygen atoms in total. The van der Waals surface area contributed by atoms with Crippen LogP contribution in [0.2, 0.25) is 0 Å². The molecule has 2 aromatic heterocycles. The third-order valence-electron chi connectivity index (χ3n) is 1.91. The Morgan fingerprint density at radius 1 is 1.33 bits per heavy atom. The number of nitrogens with one attached hydrogen (secondary N) is 1. The van der Waals surface area contributed by atoms with Gasteiger partial charge in [-0.3, -0.25) is 9.78 Å². The Kier molecular flexibility index (Phi) is 2.82. The summed E-state index contributed by atoms with van der Waals surface area (Å²) in [6, 6.07) is 5.43. The minimum Gasteiger partial charge on any atom is -0.301 e. The highest BCUT2D eigenvalue weighted by molar-refractivity contribution is 7.98. The first-order valence-electron chi connectivity index (χ1n) is 4.36. The first-order chi connectivity index (χ1) is 7.31. The molecular formula is C10H9N3OS. The van der Waals surface area contributed by atoms with Crippen LogP contribution in [0.25, 0.3) is 11.3 Å². The molecule has 2 aromatic rings. The van der Waals surface area contributed by atoms with Crippen molar-refractivity contribution in [2.24, 2.45) is 0 Å². The van der Waals surface area contributed by atoms with Crippen molar-refractivity contribution in [3.63, 3.8) is 0 Å². The summed E-state index contributed by atoms with van der Waals surface area (Å²) in [5.41, 5.74) is 0.973. The summed E-state index contributed by atoms with van der Waals surface area (Å²) >= 11 is 1.40. The SMILES string of the molecule is CSc1ncc(-c2ccccn2)c(=O)[nH]1. The summed E-state index contributed by atoms with van der Waals surface area (Å²) in [7, 11) is 0. The Labute approximate surface area is 90.8 Å². The van der Waals surface area contributed by atoms with E-state index in [0.29, 0.717) is 16.4 Å². The monoisotopic (exact) mass is 219 g/mol. The van der Waals surface area contributed by atoms with Gasteiger partial charge in [-0.15, -0.1) is 0 Å². The predicted octanol–water partition coefficient (Wildman–Crippen LogP) is 1.55. The number of aromatic amines is 1. The molecule has 0 saturated heterocycles. The molecule has 15 heavy (non-hydrogen) atoms. The average Bonchev–Trinajstić information content (AvgIpc) is 2.30. The first kappa shape index (κ1) is 9.92. The van der Waals surface area contributed by atoms with Crippen molar-refractivity contribution in [2.45, 2.75) is 5.16 Å². The lowest BCUT2D eigenvalue weighted by atomic mass is 10.2. The fourth-order valence-corrected chi connectivity index (χ4v) is 1.54. The third-order valence-corrected chi connectivity index (χ3v) is 2.50. The van der Waals surface area contributed by atoms with Gasteiger partial charge >= 0.3 is 0 Å². The van der Waals surface area contributed by atoms with Crippen molar-refractivity contribution in [1.29, 1.82) is 0 Å². The molecule has 0 aliphatic rings. The van der Waals surface area contributed by atoms with Gasteiger partial charge in [0.15, 0.2) is 5.16 Å². The largest absolute Gasteiger partial charge is 0.301 e. The van der Waals surface area contributed by atoms with Crippen molar-refractivity contribution < 1.29 is 0 Å². The van der Waals surface area contributed by atoms with Crippen LogP contribution >= 0.6 is 11.8 Å². The molecular weight excluding hydrogens is 210 g/mol. The Bertz CT molecular complexity index is 510. The molecule has 0 atom stereocenters. The smallest absolute Gasteiger partial charge is 0.260 e. The fraction of sp³-hybridized carbons (Fsp3) is 0.100. The van der Waals surface area contributed by atoms with Crippen LogP contribution < -0.4 is 5.56 Å². The van der Waals surface area contributed by atoms with Crippen LogP contribution in [0.15, 0.2) is 40.5 Å². The molecule has 0 aliphatic carbocycles. The number of aromatic nitrogens is 3. The number of hydrogen-bond acceptors (Lipinski definition) is 4. The predicted molar refractivity (Wildman–Crippen MR) is 59.9 cm³/mol. The molecule has 0 fully saturated rings. The summed E-state index contributed by atoms with van der Waals surface area (Å²) in [5.74, 6) is 0. The molecule has 0 unspecified atom stereocenters. The lowest BCUT2D eigenvalue weighted by molar-refractivity contribution is 0.940. The van der Waals surface area contributed by atoms with Crippen LogP contribution in [0.5, 0.6) is 0 Å². The van der Waals surface area contributed by atoms with Crippen LogP contribution in [-0.2, 0) is 0 Å². The Hall–Kier alpha value is -1.62. The maximum absolute atomic E-state index is 11.7. The number of rotatable bonds is 2.